The zero-order valence-electron chi connectivity index (χ0n) is 30.6. The average molecular weight is 726 g/mol. The minimum atomic E-state index is -1.03. The van der Waals surface area contributed by atoms with E-state index in [1.165, 1.54) is 155 Å². The van der Waals surface area contributed by atoms with Crippen LogP contribution in [0.15, 0.2) is 24.3 Å². The molecule has 0 N–H and O–H groups in total. The number of hydrogen-bond donors (Lipinski definition) is 0. The highest BCUT2D eigenvalue weighted by atomic mass is 16.5. The summed E-state index contributed by atoms with van der Waals surface area (Å²) in [5, 5.41) is 28.7. The number of likely N-dealkylation sites (tertiary alicyclic amines) is 1. The van der Waals surface area contributed by atoms with E-state index in [9.17, 15) is 14.4 Å². The number of methoxy groups -OCH3 is 2. The van der Waals surface area contributed by atoms with Gasteiger partial charge in [-0.05, 0) is 184 Å². The van der Waals surface area contributed by atoms with E-state index in [4.69, 9.17) is 14.2 Å². The van der Waals surface area contributed by atoms with Gasteiger partial charge in [-0.2, -0.15) is 0 Å². The number of nitrogens with zero attached hydrogens (tertiary/aromatic N) is 1. The molecular formula is C49H27NO6. The Morgan fingerprint density at radius 2 is 1.05 bits per heavy atom. The fourth-order valence-corrected chi connectivity index (χ4v) is 15.4. The van der Waals surface area contributed by atoms with Gasteiger partial charge in [0, 0.05) is 5.92 Å². The van der Waals surface area contributed by atoms with Gasteiger partial charge in [-0.15, -0.1) is 0 Å². The topological polar surface area (TPSA) is 82.1 Å². The zero-order valence-corrected chi connectivity index (χ0v) is 30.6. The molecule has 1 aliphatic heterocycles. The molecule has 6 aliphatic rings. The van der Waals surface area contributed by atoms with Crippen LogP contribution in [0, 0.1) is 0 Å². The Morgan fingerprint density at radius 3 is 1.62 bits per heavy atom. The number of benzene rings is 6. The van der Waals surface area contributed by atoms with Crippen LogP contribution in [0.3, 0.4) is 0 Å². The van der Waals surface area contributed by atoms with Gasteiger partial charge in [-0.3, -0.25) is 19.3 Å². The van der Waals surface area contributed by atoms with Crippen LogP contribution in [0.4, 0.5) is 0 Å². The van der Waals surface area contributed by atoms with E-state index < -0.39 is 41.3 Å². The highest BCUT2D eigenvalue weighted by Gasteiger charge is 2.68. The number of fused-ring (bicyclic) bond motifs is 1. The molecule has 0 bridgehead atoms. The fraction of sp³-hybridized carbons (Fsp3) is 0.245. The molecule has 0 radical (unpaired) electrons. The van der Waals surface area contributed by atoms with Crippen LogP contribution < -0.4 is 5.22 Å². The highest BCUT2D eigenvalue weighted by molar-refractivity contribution is 6.63. The SMILES string of the molecule is CCOC(=O)CN1C(C(=O)OC)C2c3cc4c5c3c3c6c7c8c(cc9c8c8c%10c(cc%11c%12c%13c(cc(c%14c5c5c3c7c8c(c%12%10)c5c%13%14)C4)C%11)C9)=CC62C1C(=O)OC. The standard InChI is InChI=1S/C49H27NO6/c1-4-56-22(51)13-50-45(47(52)54-2)43-21-11-19-9-17-7-15-5-14-6-16-8-18-10-20-12-49(43,46(50)48(53)55-3)44-41-29(20)25(18)33-27(16)31-23(14)24(15)32-28(17)34-26(19)30(21)42(44)40-38(34)36(32)35(31)37(33)39(40)41/h6-7,10-12,43,45-46H,4-5,8-9,13H2,1-3H3. The van der Waals surface area contributed by atoms with Gasteiger partial charge in [0.15, 0.2) is 0 Å². The first-order valence-electron chi connectivity index (χ1n) is 20.0. The lowest BCUT2D eigenvalue weighted by Crippen LogP contribution is -2.52. The molecule has 264 valence electrons. The predicted octanol–water partition coefficient (Wildman–Crippen LogP) is 7.37. The minimum Gasteiger partial charge on any atom is -0.468 e. The van der Waals surface area contributed by atoms with Crippen LogP contribution in [0.5, 0.6) is 0 Å². The van der Waals surface area contributed by atoms with Crippen molar-refractivity contribution in [1.82, 2.24) is 4.90 Å². The number of ether oxygens (including phenoxy) is 3. The van der Waals surface area contributed by atoms with Crippen molar-refractivity contribution >= 4 is 132 Å². The van der Waals surface area contributed by atoms with E-state index in [1.807, 2.05) is 0 Å². The molecule has 56 heavy (non-hydrogen) atoms. The maximum atomic E-state index is 14.8. The van der Waals surface area contributed by atoms with Gasteiger partial charge in [-0.1, -0.05) is 30.3 Å². The number of carbonyl (C=O) groups excluding carboxylic acids is 3. The Labute approximate surface area is 315 Å². The van der Waals surface area contributed by atoms with E-state index in [0.717, 1.165) is 35.6 Å². The highest BCUT2D eigenvalue weighted by Crippen LogP contribution is 2.72. The molecule has 7 nitrogen and oxygen atoms in total. The van der Waals surface area contributed by atoms with Gasteiger partial charge in [0.25, 0.3) is 0 Å². The van der Waals surface area contributed by atoms with Crippen LogP contribution in [0.1, 0.15) is 57.3 Å². The molecule has 4 atom stereocenters. The van der Waals surface area contributed by atoms with E-state index in [1.54, 1.807) is 11.8 Å². The molecule has 11 aromatic rings. The molecule has 1 heterocycles. The molecule has 0 amide bonds. The van der Waals surface area contributed by atoms with E-state index >= 15 is 0 Å². The lowest BCUT2D eigenvalue weighted by Gasteiger charge is -2.41. The summed E-state index contributed by atoms with van der Waals surface area (Å²) in [4.78, 5) is 44.8. The molecule has 1 saturated heterocycles. The van der Waals surface area contributed by atoms with Gasteiger partial charge in [0.1, 0.15) is 12.1 Å². The van der Waals surface area contributed by atoms with E-state index in [-0.39, 0.29) is 13.2 Å². The lowest BCUT2D eigenvalue weighted by molar-refractivity contribution is -0.155. The quantitative estimate of drug-likeness (QED) is 0.104. The van der Waals surface area contributed by atoms with Crippen molar-refractivity contribution in [1.29, 1.82) is 0 Å². The van der Waals surface area contributed by atoms with Gasteiger partial charge in [0.2, 0.25) is 0 Å². The summed E-state index contributed by atoms with van der Waals surface area (Å²) in [6.07, 6.45) is 4.99. The molecule has 17 rings (SSSR count). The second kappa shape index (κ2) is 7.69. The van der Waals surface area contributed by atoms with Crippen molar-refractivity contribution in [3.05, 3.63) is 74.0 Å². The number of hydrogen-bond acceptors (Lipinski definition) is 7. The van der Waals surface area contributed by atoms with Crippen molar-refractivity contribution in [2.24, 2.45) is 0 Å². The van der Waals surface area contributed by atoms with Crippen LogP contribution in [-0.4, -0.2) is 62.3 Å². The maximum absolute atomic E-state index is 14.8. The Hall–Kier alpha value is -6.05. The smallest absolute Gasteiger partial charge is 0.324 e. The molecule has 11 aromatic carbocycles. The van der Waals surface area contributed by atoms with Gasteiger partial charge < -0.3 is 14.2 Å². The maximum Gasteiger partial charge on any atom is 0.324 e. The second-order valence-electron chi connectivity index (χ2n) is 18.0. The largest absolute Gasteiger partial charge is 0.468 e. The first kappa shape index (κ1) is 27.5. The first-order chi connectivity index (χ1) is 27.4. The monoisotopic (exact) mass is 725 g/mol. The molecule has 4 unspecified atom stereocenters. The summed E-state index contributed by atoms with van der Waals surface area (Å²) in [7, 11) is 2.83. The number of carbonyl (C=O) groups is 3. The third kappa shape index (κ3) is 2.18. The average Bonchev–Trinajstić information content (AvgIpc) is 4.04. The van der Waals surface area contributed by atoms with Crippen LogP contribution >= 0.6 is 0 Å². The second-order valence-corrected chi connectivity index (χ2v) is 18.0. The fourth-order valence-electron chi connectivity index (χ4n) is 15.4. The molecule has 0 aromatic heterocycles. The Morgan fingerprint density at radius 1 is 0.589 bits per heavy atom. The normalized spacial score (nSPS) is 23.7. The van der Waals surface area contributed by atoms with Crippen molar-refractivity contribution < 1.29 is 28.6 Å². The Balaban J connectivity index is 1.22. The Bertz CT molecular complexity index is 3950. The molecule has 1 spiro atoms. The van der Waals surface area contributed by atoms with Crippen molar-refractivity contribution in [2.45, 2.75) is 49.6 Å². The van der Waals surface area contributed by atoms with Gasteiger partial charge in [-0.25, -0.2) is 0 Å². The molecule has 5 aliphatic carbocycles. The summed E-state index contributed by atoms with van der Waals surface area (Å²) in [5.41, 5.74) is 9.58. The third-order valence-electron chi connectivity index (χ3n) is 16.4. The number of esters is 3. The van der Waals surface area contributed by atoms with Crippen LogP contribution in [0.25, 0.3) is 114 Å². The van der Waals surface area contributed by atoms with Crippen LogP contribution in [0.2, 0.25) is 0 Å². The minimum absolute atomic E-state index is 0.191. The van der Waals surface area contributed by atoms with E-state index in [2.05, 4.69) is 30.3 Å². The molecule has 0 saturated carbocycles. The molecule has 7 heteroatoms. The summed E-state index contributed by atoms with van der Waals surface area (Å²) in [6.45, 7) is 1.72. The predicted molar refractivity (Wildman–Crippen MR) is 216 cm³/mol. The molecule has 1 fully saturated rings. The summed E-state index contributed by atoms with van der Waals surface area (Å²) in [6, 6.07) is 7.91. The lowest BCUT2D eigenvalue weighted by atomic mass is 9.59. The zero-order chi connectivity index (χ0) is 36.5. The van der Waals surface area contributed by atoms with Crippen molar-refractivity contribution in [2.75, 3.05) is 27.4 Å². The van der Waals surface area contributed by atoms with Crippen molar-refractivity contribution in [3.8, 4) is 0 Å². The van der Waals surface area contributed by atoms with Crippen LogP contribution in [-0.2, 0) is 53.3 Å². The summed E-state index contributed by atoms with van der Waals surface area (Å²) in [5.74, 6) is -1.93. The van der Waals surface area contributed by atoms with Gasteiger partial charge in [0.05, 0.1) is 32.8 Å². The molecular weight excluding hydrogens is 699 g/mol. The summed E-state index contributed by atoms with van der Waals surface area (Å²) >= 11 is 0. The third-order valence-corrected chi connectivity index (χ3v) is 16.4. The Kier molecular flexibility index (Phi) is 3.78. The summed E-state index contributed by atoms with van der Waals surface area (Å²) < 4.78 is 17.0. The van der Waals surface area contributed by atoms with Crippen molar-refractivity contribution in [3.63, 3.8) is 0 Å². The van der Waals surface area contributed by atoms with E-state index in [0.29, 0.717) is 0 Å². The number of rotatable bonds is 5. The van der Waals surface area contributed by atoms with Gasteiger partial charge >= 0.3 is 17.9 Å². The first-order valence-corrected chi connectivity index (χ1v) is 20.0.